The Labute approximate surface area is 175 Å². The first-order valence-corrected chi connectivity index (χ1v) is 10.3. The van der Waals surface area contributed by atoms with Gasteiger partial charge in [0, 0.05) is 30.3 Å². The molecule has 0 bridgehead atoms. The molecule has 2 aromatic carbocycles. The topological polar surface area (TPSA) is 75.4 Å². The molecule has 2 heterocycles. The fourth-order valence-corrected chi connectivity index (χ4v) is 3.68. The van der Waals surface area contributed by atoms with E-state index in [1.807, 2.05) is 60.4 Å². The molecule has 154 valence electrons. The molecule has 0 spiro atoms. The first-order valence-electron chi connectivity index (χ1n) is 10.3. The Kier molecular flexibility index (Phi) is 5.93. The lowest BCUT2D eigenvalue weighted by atomic mass is 10.0. The minimum atomic E-state index is -0.0629. The van der Waals surface area contributed by atoms with Gasteiger partial charge >= 0.3 is 0 Å². The number of amides is 2. The number of likely N-dealkylation sites (tertiary alicyclic amines) is 1. The minimum Gasteiger partial charge on any atom is -0.441 e. The Hall–Kier alpha value is -3.41. The van der Waals surface area contributed by atoms with Gasteiger partial charge in [-0.3, -0.25) is 9.59 Å². The molecule has 3 aromatic rings. The Morgan fingerprint density at radius 1 is 1.03 bits per heavy atom. The number of carbonyl (C=O) groups excluding carboxylic acids is 2. The van der Waals surface area contributed by atoms with Crippen molar-refractivity contribution in [1.29, 1.82) is 0 Å². The molecular weight excluding hydrogens is 378 g/mol. The van der Waals surface area contributed by atoms with Crippen LogP contribution in [-0.2, 0) is 11.2 Å². The van der Waals surface area contributed by atoms with E-state index >= 15 is 0 Å². The third kappa shape index (κ3) is 4.59. The molecule has 1 aromatic heterocycles. The highest BCUT2D eigenvalue weighted by Crippen LogP contribution is 2.22. The normalized spacial score (nSPS) is 14.5. The average Bonchev–Trinajstić information content (AvgIpc) is 3.15. The van der Waals surface area contributed by atoms with Crippen molar-refractivity contribution in [2.45, 2.75) is 32.2 Å². The van der Waals surface area contributed by atoms with Crippen molar-refractivity contribution in [2.75, 3.05) is 13.1 Å². The van der Waals surface area contributed by atoms with Crippen LogP contribution in [0.3, 0.4) is 0 Å². The lowest BCUT2D eigenvalue weighted by Crippen LogP contribution is -2.47. The van der Waals surface area contributed by atoms with Crippen LogP contribution in [0.2, 0.25) is 0 Å². The quantitative estimate of drug-likeness (QED) is 0.706. The van der Waals surface area contributed by atoms with E-state index in [-0.39, 0.29) is 24.3 Å². The van der Waals surface area contributed by atoms with Crippen molar-refractivity contribution < 1.29 is 14.0 Å². The van der Waals surface area contributed by atoms with Crippen LogP contribution < -0.4 is 5.32 Å². The molecule has 1 aliphatic heterocycles. The van der Waals surface area contributed by atoms with Gasteiger partial charge in [-0.25, -0.2) is 4.98 Å². The van der Waals surface area contributed by atoms with Gasteiger partial charge in [0.05, 0.1) is 12.1 Å². The highest BCUT2D eigenvalue weighted by atomic mass is 16.4. The second-order valence-electron chi connectivity index (χ2n) is 7.56. The molecule has 2 amide bonds. The van der Waals surface area contributed by atoms with E-state index in [2.05, 4.69) is 10.3 Å². The Morgan fingerprint density at radius 3 is 2.33 bits per heavy atom. The number of rotatable bonds is 5. The van der Waals surface area contributed by atoms with Crippen LogP contribution in [0.25, 0.3) is 11.5 Å². The second kappa shape index (κ2) is 8.95. The zero-order chi connectivity index (χ0) is 20.9. The van der Waals surface area contributed by atoms with Crippen LogP contribution in [0.1, 0.15) is 34.7 Å². The molecular formula is C24H25N3O3. The standard InChI is InChI=1S/C24H25N3O3/c1-17-21(26-24(30-17)19-10-6-3-7-11-19)16-22(28)27-14-12-20(13-15-27)25-23(29)18-8-4-2-5-9-18/h2-11,20H,12-16H2,1H3,(H,25,29). The Morgan fingerprint density at radius 2 is 1.67 bits per heavy atom. The molecule has 0 aliphatic carbocycles. The fraction of sp³-hybridized carbons (Fsp3) is 0.292. The van der Waals surface area contributed by atoms with E-state index in [0.717, 1.165) is 18.4 Å². The molecule has 0 radical (unpaired) electrons. The smallest absolute Gasteiger partial charge is 0.251 e. The minimum absolute atomic E-state index is 0.0406. The van der Waals surface area contributed by atoms with E-state index in [4.69, 9.17) is 4.42 Å². The number of benzene rings is 2. The number of aryl methyl sites for hydroxylation is 1. The summed E-state index contributed by atoms with van der Waals surface area (Å²) < 4.78 is 5.76. The monoisotopic (exact) mass is 403 g/mol. The molecule has 1 saturated heterocycles. The summed E-state index contributed by atoms with van der Waals surface area (Å²) in [5.74, 6) is 1.19. The van der Waals surface area contributed by atoms with E-state index in [9.17, 15) is 9.59 Å². The van der Waals surface area contributed by atoms with E-state index in [1.54, 1.807) is 12.1 Å². The third-order valence-corrected chi connectivity index (χ3v) is 5.45. The van der Waals surface area contributed by atoms with Crippen LogP contribution >= 0.6 is 0 Å². The van der Waals surface area contributed by atoms with Gasteiger partial charge in [-0.05, 0) is 44.0 Å². The second-order valence-corrected chi connectivity index (χ2v) is 7.56. The molecule has 1 aliphatic rings. The van der Waals surface area contributed by atoms with Crippen LogP contribution in [-0.4, -0.2) is 40.8 Å². The molecule has 0 atom stereocenters. The lowest BCUT2D eigenvalue weighted by Gasteiger charge is -2.32. The molecule has 1 N–H and O–H groups in total. The van der Waals surface area contributed by atoms with Gasteiger partial charge in [0.2, 0.25) is 11.8 Å². The van der Waals surface area contributed by atoms with Crippen LogP contribution in [0, 0.1) is 6.92 Å². The van der Waals surface area contributed by atoms with Crippen molar-refractivity contribution in [3.8, 4) is 11.5 Å². The predicted molar refractivity (Wildman–Crippen MR) is 114 cm³/mol. The van der Waals surface area contributed by atoms with E-state index in [1.165, 1.54) is 0 Å². The van der Waals surface area contributed by atoms with Crippen molar-refractivity contribution >= 4 is 11.8 Å². The largest absolute Gasteiger partial charge is 0.441 e. The lowest BCUT2D eigenvalue weighted by molar-refractivity contribution is -0.131. The number of hydrogen-bond donors (Lipinski definition) is 1. The zero-order valence-corrected chi connectivity index (χ0v) is 17.0. The summed E-state index contributed by atoms with van der Waals surface area (Å²) in [5, 5.41) is 3.07. The maximum Gasteiger partial charge on any atom is 0.251 e. The number of carbonyl (C=O) groups is 2. The maximum absolute atomic E-state index is 12.8. The summed E-state index contributed by atoms with van der Waals surface area (Å²) in [7, 11) is 0. The zero-order valence-electron chi connectivity index (χ0n) is 17.0. The van der Waals surface area contributed by atoms with Crippen LogP contribution in [0.15, 0.2) is 65.1 Å². The Bertz CT molecular complexity index is 1010. The van der Waals surface area contributed by atoms with E-state index < -0.39 is 0 Å². The fourth-order valence-electron chi connectivity index (χ4n) is 3.68. The maximum atomic E-state index is 12.8. The highest BCUT2D eigenvalue weighted by molar-refractivity contribution is 5.94. The van der Waals surface area contributed by atoms with Crippen molar-refractivity contribution in [3.05, 3.63) is 77.7 Å². The summed E-state index contributed by atoms with van der Waals surface area (Å²) in [6.07, 6.45) is 1.72. The molecule has 1 fully saturated rings. The summed E-state index contributed by atoms with van der Waals surface area (Å²) >= 11 is 0. The van der Waals surface area contributed by atoms with Crippen LogP contribution in [0.5, 0.6) is 0 Å². The highest BCUT2D eigenvalue weighted by Gasteiger charge is 2.25. The number of aromatic nitrogens is 1. The van der Waals surface area contributed by atoms with Gasteiger partial charge in [0.1, 0.15) is 5.76 Å². The number of oxazole rings is 1. The number of piperidine rings is 1. The average molecular weight is 403 g/mol. The number of hydrogen-bond acceptors (Lipinski definition) is 4. The van der Waals surface area contributed by atoms with Gasteiger partial charge in [-0.1, -0.05) is 36.4 Å². The Balaban J connectivity index is 1.31. The van der Waals surface area contributed by atoms with Gasteiger partial charge in [-0.15, -0.1) is 0 Å². The summed E-state index contributed by atoms with van der Waals surface area (Å²) in [6, 6.07) is 19.0. The van der Waals surface area contributed by atoms with Crippen molar-refractivity contribution in [3.63, 3.8) is 0 Å². The molecule has 30 heavy (non-hydrogen) atoms. The number of nitrogens with one attached hydrogen (secondary N) is 1. The van der Waals surface area contributed by atoms with Crippen molar-refractivity contribution in [2.24, 2.45) is 0 Å². The first kappa shape index (κ1) is 19.9. The third-order valence-electron chi connectivity index (χ3n) is 5.45. The molecule has 0 saturated carbocycles. The molecule has 6 heteroatoms. The van der Waals surface area contributed by atoms with Crippen molar-refractivity contribution in [1.82, 2.24) is 15.2 Å². The van der Waals surface area contributed by atoms with Gasteiger partial charge in [0.15, 0.2) is 0 Å². The van der Waals surface area contributed by atoms with E-state index in [0.29, 0.717) is 36.0 Å². The summed E-state index contributed by atoms with van der Waals surface area (Å²) in [6.45, 7) is 3.09. The molecule has 6 nitrogen and oxygen atoms in total. The van der Waals surface area contributed by atoms with Crippen LogP contribution in [0.4, 0.5) is 0 Å². The van der Waals surface area contributed by atoms with Gasteiger partial charge in [0.25, 0.3) is 5.91 Å². The SMILES string of the molecule is Cc1oc(-c2ccccc2)nc1CC(=O)N1CCC(NC(=O)c2ccccc2)CC1. The summed E-state index contributed by atoms with van der Waals surface area (Å²) in [5.41, 5.74) is 2.24. The molecule has 0 unspecified atom stereocenters. The number of nitrogens with zero attached hydrogens (tertiary/aromatic N) is 2. The first-order chi connectivity index (χ1) is 14.6. The van der Waals surface area contributed by atoms with Gasteiger partial charge < -0.3 is 14.6 Å². The predicted octanol–water partition coefficient (Wildman–Crippen LogP) is 3.61. The van der Waals surface area contributed by atoms with Gasteiger partial charge in [-0.2, -0.15) is 0 Å². The summed E-state index contributed by atoms with van der Waals surface area (Å²) in [4.78, 5) is 31.5. The molecule has 4 rings (SSSR count).